The van der Waals surface area contributed by atoms with E-state index in [0.29, 0.717) is 23.7 Å². The van der Waals surface area contributed by atoms with E-state index in [9.17, 15) is 9.59 Å². The van der Waals surface area contributed by atoms with Gasteiger partial charge in [-0.3, -0.25) is 5.32 Å². The van der Waals surface area contributed by atoms with Gasteiger partial charge in [0.2, 0.25) is 0 Å². The topological polar surface area (TPSA) is 70.7 Å². The summed E-state index contributed by atoms with van der Waals surface area (Å²) in [6, 6.07) is 25.2. The average molecular weight is 375 g/mol. The van der Waals surface area contributed by atoms with Gasteiger partial charge in [-0.1, -0.05) is 54.6 Å². The summed E-state index contributed by atoms with van der Waals surface area (Å²) in [6.45, 7) is 0.488. The maximum absolute atomic E-state index is 12.4. The van der Waals surface area contributed by atoms with Gasteiger partial charge in [0.1, 0.15) is 5.75 Å². The van der Waals surface area contributed by atoms with Gasteiger partial charge in [0.15, 0.2) is 0 Å². The van der Waals surface area contributed by atoms with Gasteiger partial charge in [0.05, 0.1) is 0 Å². The number of carbonyl (C=O) groups excluding carboxylic acids is 2. The second-order valence-corrected chi connectivity index (χ2v) is 6.18. The monoisotopic (exact) mass is 375 g/mol. The zero-order chi connectivity index (χ0) is 19.8. The fraction of sp³-hybridized carbons (Fsp3) is 0.0909. The van der Waals surface area contributed by atoms with Crippen LogP contribution in [0, 0.1) is 0 Å². The average Bonchev–Trinajstić information content (AvgIpc) is 2.69. The molecule has 0 unspecified atom stereocenters. The van der Waals surface area contributed by atoms with Gasteiger partial charge in [-0.05, 0) is 29.8 Å². The Kier molecular flexibility index (Phi) is 6.25. The molecule has 3 amide bonds. The SMILES string of the molecule is CN(Cc1ccccc1)C(=O)Nc1cccc(OC(=O)Nc2ccccc2)c1. The number of hydrogen-bond donors (Lipinski definition) is 2. The fourth-order valence-electron chi connectivity index (χ4n) is 2.56. The summed E-state index contributed by atoms with van der Waals surface area (Å²) < 4.78 is 5.28. The molecule has 2 N–H and O–H groups in total. The van der Waals surface area contributed by atoms with Crippen LogP contribution in [0.15, 0.2) is 84.9 Å². The van der Waals surface area contributed by atoms with Crippen molar-refractivity contribution in [3.05, 3.63) is 90.5 Å². The van der Waals surface area contributed by atoms with E-state index >= 15 is 0 Å². The zero-order valence-electron chi connectivity index (χ0n) is 15.5. The smallest absolute Gasteiger partial charge is 0.410 e. The number of amides is 3. The molecule has 3 aromatic rings. The molecule has 0 aliphatic rings. The second-order valence-electron chi connectivity index (χ2n) is 6.18. The molecule has 3 rings (SSSR count). The molecule has 0 saturated carbocycles. The van der Waals surface area contributed by atoms with Crippen LogP contribution in [0.3, 0.4) is 0 Å². The van der Waals surface area contributed by atoms with Gasteiger partial charge in [-0.2, -0.15) is 0 Å². The molecular weight excluding hydrogens is 354 g/mol. The molecule has 0 radical (unpaired) electrons. The Hall–Kier alpha value is -3.80. The first-order valence-corrected chi connectivity index (χ1v) is 8.80. The molecule has 28 heavy (non-hydrogen) atoms. The van der Waals surface area contributed by atoms with E-state index in [0.717, 1.165) is 5.56 Å². The summed E-state index contributed by atoms with van der Waals surface area (Å²) >= 11 is 0. The Balaban J connectivity index is 1.56. The quantitative estimate of drug-likeness (QED) is 0.662. The number of nitrogens with one attached hydrogen (secondary N) is 2. The van der Waals surface area contributed by atoms with Crippen LogP contribution in [-0.4, -0.2) is 24.1 Å². The van der Waals surface area contributed by atoms with Gasteiger partial charge < -0.3 is 15.0 Å². The van der Waals surface area contributed by atoms with E-state index in [1.807, 2.05) is 48.5 Å². The number of carbonyl (C=O) groups is 2. The molecular formula is C22H21N3O3. The van der Waals surface area contributed by atoms with Gasteiger partial charge in [-0.15, -0.1) is 0 Å². The predicted molar refractivity (Wildman–Crippen MR) is 109 cm³/mol. The van der Waals surface area contributed by atoms with Gasteiger partial charge >= 0.3 is 12.1 Å². The van der Waals surface area contributed by atoms with Crippen molar-refractivity contribution >= 4 is 23.5 Å². The first-order valence-electron chi connectivity index (χ1n) is 8.80. The lowest BCUT2D eigenvalue weighted by Crippen LogP contribution is -2.30. The minimum absolute atomic E-state index is 0.255. The lowest BCUT2D eigenvalue weighted by Gasteiger charge is -2.18. The number of anilines is 2. The minimum Gasteiger partial charge on any atom is -0.410 e. The van der Waals surface area contributed by atoms with E-state index in [1.165, 1.54) is 0 Å². The molecule has 0 saturated heterocycles. The molecule has 6 heteroatoms. The number of para-hydroxylation sites is 1. The molecule has 0 heterocycles. The van der Waals surface area contributed by atoms with Crippen molar-refractivity contribution in [3.8, 4) is 5.75 Å². The van der Waals surface area contributed by atoms with Crippen molar-refractivity contribution in [3.63, 3.8) is 0 Å². The third-order valence-corrected chi connectivity index (χ3v) is 3.93. The maximum Gasteiger partial charge on any atom is 0.417 e. The third kappa shape index (κ3) is 5.60. The zero-order valence-corrected chi connectivity index (χ0v) is 15.5. The van der Waals surface area contributed by atoms with Crippen LogP contribution in [0.5, 0.6) is 5.75 Å². The van der Waals surface area contributed by atoms with E-state index < -0.39 is 6.09 Å². The Morgan fingerprint density at radius 2 is 1.46 bits per heavy atom. The van der Waals surface area contributed by atoms with Crippen molar-refractivity contribution in [1.82, 2.24) is 4.90 Å². The summed E-state index contributed by atoms with van der Waals surface area (Å²) in [4.78, 5) is 26.0. The number of urea groups is 1. The highest BCUT2D eigenvalue weighted by Gasteiger charge is 2.11. The summed E-state index contributed by atoms with van der Waals surface area (Å²) in [5.41, 5.74) is 2.21. The van der Waals surface area contributed by atoms with Crippen molar-refractivity contribution in [2.24, 2.45) is 0 Å². The van der Waals surface area contributed by atoms with Crippen molar-refractivity contribution in [1.29, 1.82) is 0 Å². The van der Waals surface area contributed by atoms with Gasteiger partial charge in [0.25, 0.3) is 0 Å². The van der Waals surface area contributed by atoms with Gasteiger partial charge in [-0.25, -0.2) is 9.59 Å². The lowest BCUT2D eigenvalue weighted by atomic mass is 10.2. The molecule has 0 fully saturated rings. The van der Waals surface area contributed by atoms with E-state index in [4.69, 9.17) is 4.74 Å². The molecule has 6 nitrogen and oxygen atoms in total. The normalized spacial score (nSPS) is 10.0. The number of benzene rings is 3. The second kappa shape index (κ2) is 9.23. The van der Waals surface area contributed by atoms with E-state index in [1.54, 1.807) is 48.3 Å². The van der Waals surface area contributed by atoms with E-state index in [-0.39, 0.29) is 6.03 Å². The number of ether oxygens (including phenoxy) is 1. The molecule has 0 aliphatic heterocycles. The molecule has 0 aromatic heterocycles. The minimum atomic E-state index is -0.601. The summed E-state index contributed by atoms with van der Waals surface area (Å²) in [5.74, 6) is 0.331. The van der Waals surface area contributed by atoms with Crippen LogP contribution in [0.1, 0.15) is 5.56 Å². The molecule has 0 bridgehead atoms. The number of nitrogens with zero attached hydrogens (tertiary/aromatic N) is 1. The lowest BCUT2D eigenvalue weighted by molar-refractivity contribution is 0.215. The van der Waals surface area contributed by atoms with Crippen LogP contribution >= 0.6 is 0 Å². The summed E-state index contributed by atoms with van der Waals surface area (Å²) in [6.07, 6.45) is -0.601. The predicted octanol–water partition coefficient (Wildman–Crippen LogP) is 4.96. The molecule has 0 aliphatic carbocycles. The van der Waals surface area contributed by atoms with Crippen LogP contribution in [0.4, 0.5) is 21.0 Å². The van der Waals surface area contributed by atoms with Crippen LogP contribution in [-0.2, 0) is 6.54 Å². The standard InChI is InChI=1S/C22H21N3O3/c1-25(16-17-9-4-2-5-10-17)21(26)23-19-13-8-14-20(15-19)28-22(27)24-18-11-6-3-7-12-18/h2-15H,16H2,1H3,(H,23,26)(H,24,27). The van der Waals surface area contributed by atoms with Crippen molar-refractivity contribution < 1.29 is 14.3 Å². The van der Waals surface area contributed by atoms with Crippen molar-refractivity contribution in [2.75, 3.05) is 17.7 Å². The Morgan fingerprint density at radius 1 is 0.821 bits per heavy atom. The highest BCUT2D eigenvalue weighted by Crippen LogP contribution is 2.19. The highest BCUT2D eigenvalue weighted by molar-refractivity contribution is 5.90. The number of rotatable bonds is 5. The first kappa shape index (κ1) is 19.0. The van der Waals surface area contributed by atoms with Crippen LogP contribution in [0.2, 0.25) is 0 Å². The molecule has 3 aromatic carbocycles. The molecule has 0 spiro atoms. The van der Waals surface area contributed by atoms with Crippen molar-refractivity contribution in [2.45, 2.75) is 6.54 Å². The van der Waals surface area contributed by atoms with Crippen LogP contribution < -0.4 is 15.4 Å². The summed E-state index contributed by atoms with van der Waals surface area (Å²) in [5, 5.41) is 5.44. The van der Waals surface area contributed by atoms with Crippen LogP contribution in [0.25, 0.3) is 0 Å². The Morgan fingerprint density at radius 3 is 2.18 bits per heavy atom. The fourth-order valence-corrected chi connectivity index (χ4v) is 2.56. The van der Waals surface area contributed by atoms with E-state index in [2.05, 4.69) is 10.6 Å². The number of hydrogen-bond acceptors (Lipinski definition) is 3. The Labute approximate surface area is 163 Å². The highest BCUT2D eigenvalue weighted by atomic mass is 16.6. The third-order valence-electron chi connectivity index (χ3n) is 3.93. The van der Waals surface area contributed by atoms with Gasteiger partial charge in [0, 0.05) is 31.0 Å². The maximum atomic E-state index is 12.4. The molecule has 142 valence electrons. The largest absolute Gasteiger partial charge is 0.417 e. The first-order chi connectivity index (χ1) is 13.6. The summed E-state index contributed by atoms with van der Waals surface area (Å²) in [7, 11) is 1.72. The molecule has 0 atom stereocenters. The Bertz CT molecular complexity index is 930.